The molecule has 0 aromatic carbocycles. The number of sulfone groups is 1. The molecule has 1 aromatic heterocycles. The molecule has 17 heavy (non-hydrogen) atoms. The van der Waals surface area contributed by atoms with E-state index in [4.69, 9.17) is 0 Å². The number of aryl methyl sites for hydroxylation is 1. The van der Waals surface area contributed by atoms with E-state index in [2.05, 4.69) is 20.9 Å². The summed E-state index contributed by atoms with van der Waals surface area (Å²) >= 11 is 3.40. The molecular formula is C11H15BrN2O2S. The summed E-state index contributed by atoms with van der Waals surface area (Å²) in [6, 6.07) is 3.90. The Morgan fingerprint density at radius 1 is 1.47 bits per heavy atom. The van der Waals surface area contributed by atoms with Gasteiger partial charge in [-0.1, -0.05) is 0 Å². The molecule has 0 radical (unpaired) electrons. The van der Waals surface area contributed by atoms with Gasteiger partial charge in [-0.15, -0.1) is 0 Å². The number of pyridine rings is 1. The molecule has 1 aliphatic heterocycles. The van der Waals surface area contributed by atoms with Crippen molar-refractivity contribution in [3.63, 3.8) is 0 Å². The summed E-state index contributed by atoms with van der Waals surface area (Å²) < 4.78 is 23.9. The van der Waals surface area contributed by atoms with Gasteiger partial charge in [0.25, 0.3) is 0 Å². The van der Waals surface area contributed by atoms with Crippen LogP contribution in [0, 0.1) is 6.92 Å². The third-order valence-electron chi connectivity index (χ3n) is 3.12. The van der Waals surface area contributed by atoms with E-state index in [1.54, 1.807) is 0 Å². The zero-order valence-corrected chi connectivity index (χ0v) is 12.3. The minimum Gasteiger partial charge on any atom is -0.356 e. The van der Waals surface area contributed by atoms with Gasteiger partial charge in [0.15, 0.2) is 9.84 Å². The van der Waals surface area contributed by atoms with E-state index in [9.17, 15) is 8.42 Å². The van der Waals surface area contributed by atoms with Crippen molar-refractivity contribution in [1.29, 1.82) is 0 Å². The van der Waals surface area contributed by atoms with Crippen LogP contribution in [0.2, 0.25) is 0 Å². The highest BCUT2D eigenvalue weighted by molar-refractivity contribution is 9.10. The van der Waals surface area contributed by atoms with Crippen LogP contribution in [-0.2, 0) is 9.84 Å². The summed E-state index contributed by atoms with van der Waals surface area (Å²) in [6.07, 6.45) is 0.690. The van der Waals surface area contributed by atoms with Crippen molar-refractivity contribution in [3.05, 3.63) is 22.3 Å². The van der Waals surface area contributed by atoms with Crippen LogP contribution in [0.4, 0.5) is 5.82 Å². The third kappa shape index (κ3) is 2.80. The van der Waals surface area contributed by atoms with Crippen molar-refractivity contribution < 1.29 is 8.42 Å². The Hall–Kier alpha value is -0.620. The fourth-order valence-electron chi connectivity index (χ4n) is 2.00. The normalized spacial score (nSPS) is 22.6. The molecule has 94 valence electrons. The number of nitrogens with zero attached hydrogens (tertiary/aromatic N) is 2. The summed E-state index contributed by atoms with van der Waals surface area (Å²) in [4.78, 5) is 6.41. The van der Waals surface area contributed by atoms with Crippen LogP contribution in [0.15, 0.2) is 16.6 Å². The largest absolute Gasteiger partial charge is 0.356 e. The highest BCUT2D eigenvalue weighted by atomic mass is 79.9. The number of hydrogen-bond donors (Lipinski definition) is 0. The monoisotopic (exact) mass is 318 g/mol. The molecule has 1 aromatic rings. The van der Waals surface area contributed by atoms with Gasteiger partial charge in [0.1, 0.15) is 5.82 Å². The van der Waals surface area contributed by atoms with E-state index in [1.807, 2.05) is 31.0 Å². The van der Waals surface area contributed by atoms with Crippen molar-refractivity contribution in [2.24, 2.45) is 0 Å². The van der Waals surface area contributed by atoms with Crippen LogP contribution >= 0.6 is 15.9 Å². The van der Waals surface area contributed by atoms with Crippen LogP contribution < -0.4 is 4.90 Å². The van der Waals surface area contributed by atoms with Crippen LogP contribution in [0.1, 0.15) is 12.1 Å². The molecule has 0 aliphatic carbocycles. The van der Waals surface area contributed by atoms with Crippen molar-refractivity contribution in [2.75, 3.05) is 23.5 Å². The molecule has 2 heterocycles. The van der Waals surface area contributed by atoms with Gasteiger partial charge in [0.05, 0.1) is 17.2 Å². The van der Waals surface area contributed by atoms with E-state index in [0.29, 0.717) is 6.42 Å². The molecule has 4 nitrogen and oxygen atoms in total. The van der Waals surface area contributed by atoms with Crippen LogP contribution in [0.3, 0.4) is 0 Å². The van der Waals surface area contributed by atoms with Gasteiger partial charge in [-0.05, 0) is 41.4 Å². The van der Waals surface area contributed by atoms with Crippen LogP contribution in [0.25, 0.3) is 0 Å². The number of halogens is 1. The first-order chi connectivity index (χ1) is 7.89. The summed E-state index contributed by atoms with van der Waals surface area (Å²) in [5.41, 5.74) is 0.912. The summed E-state index contributed by atoms with van der Waals surface area (Å²) in [5.74, 6) is 1.35. The Balaban J connectivity index is 2.20. The number of aromatic nitrogens is 1. The Kier molecular flexibility index (Phi) is 3.45. The summed E-state index contributed by atoms with van der Waals surface area (Å²) in [7, 11) is -0.942. The minimum absolute atomic E-state index is 0.0491. The summed E-state index contributed by atoms with van der Waals surface area (Å²) in [5, 5.41) is 0. The standard InChI is InChI=1S/C11H15BrN2O2S/c1-8-10(12)3-4-11(13-8)14(2)9-5-6-17(15,16)7-9/h3-4,9H,5-7H2,1-2H3. The SMILES string of the molecule is Cc1nc(N(C)C2CCS(=O)(=O)C2)ccc1Br. The van der Waals surface area contributed by atoms with Crippen molar-refractivity contribution in [3.8, 4) is 0 Å². The smallest absolute Gasteiger partial charge is 0.152 e. The fourth-order valence-corrected chi connectivity index (χ4v) is 3.99. The average molecular weight is 319 g/mol. The first-order valence-electron chi connectivity index (χ1n) is 5.45. The quantitative estimate of drug-likeness (QED) is 0.834. The van der Waals surface area contributed by atoms with E-state index in [-0.39, 0.29) is 17.5 Å². The van der Waals surface area contributed by atoms with Crippen molar-refractivity contribution >= 4 is 31.6 Å². The van der Waals surface area contributed by atoms with E-state index < -0.39 is 9.84 Å². The van der Waals surface area contributed by atoms with Gasteiger partial charge in [-0.3, -0.25) is 0 Å². The lowest BCUT2D eigenvalue weighted by atomic mass is 10.2. The predicted molar refractivity (Wildman–Crippen MR) is 72.1 cm³/mol. The lowest BCUT2D eigenvalue weighted by Gasteiger charge is -2.24. The first-order valence-corrected chi connectivity index (χ1v) is 8.07. The topological polar surface area (TPSA) is 50.3 Å². The first kappa shape index (κ1) is 12.8. The highest BCUT2D eigenvalue weighted by Gasteiger charge is 2.31. The molecule has 0 saturated carbocycles. The Bertz CT molecular complexity index is 530. The number of hydrogen-bond acceptors (Lipinski definition) is 4. The Labute approximate surface area is 110 Å². The maximum atomic E-state index is 11.4. The predicted octanol–water partition coefficient (Wildman–Crippen LogP) is 1.78. The van der Waals surface area contributed by atoms with Gasteiger partial charge in [0.2, 0.25) is 0 Å². The average Bonchev–Trinajstić information content (AvgIpc) is 2.62. The van der Waals surface area contributed by atoms with E-state index in [1.165, 1.54) is 0 Å². The molecule has 1 fully saturated rings. The van der Waals surface area contributed by atoms with Crippen LogP contribution in [0.5, 0.6) is 0 Å². The Morgan fingerprint density at radius 3 is 2.71 bits per heavy atom. The summed E-state index contributed by atoms with van der Waals surface area (Å²) in [6.45, 7) is 1.92. The van der Waals surface area contributed by atoms with Gasteiger partial charge in [-0.2, -0.15) is 0 Å². The fraction of sp³-hybridized carbons (Fsp3) is 0.545. The second kappa shape index (κ2) is 4.57. The van der Waals surface area contributed by atoms with Gasteiger partial charge < -0.3 is 4.90 Å². The molecule has 2 rings (SSSR count). The zero-order chi connectivity index (χ0) is 12.6. The highest BCUT2D eigenvalue weighted by Crippen LogP contribution is 2.23. The van der Waals surface area contributed by atoms with Crippen molar-refractivity contribution in [2.45, 2.75) is 19.4 Å². The Morgan fingerprint density at radius 2 is 2.18 bits per heavy atom. The lowest BCUT2D eigenvalue weighted by molar-refractivity contribution is 0.600. The van der Waals surface area contributed by atoms with Crippen LogP contribution in [-0.4, -0.2) is 38.0 Å². The number of rotatable bonds is 2. The molecule has 1 aliphatic rings. The molecule has 0 spiro atoms. The van der Waals surface area contributed by atoms with Gasteiger partial charge >= 0.3 is 0 Å². The number of anilines is 1. The maximum absolute atomic E-state index is 11.4. The second-order valence-corrected chi connectivity index (χ2v) is 7.49. The molecule has 0 N–H and O–H groups in total. The van der Waals surface area contributed by atoms with E-state index in [0.717, 1.165) is 16.0 Å². The molecule has 1 atom stereocenters. The van der Waals surface area contributed by atoms with Gasteiger partial charge in [0, 0.05) is 17.6 Å². The molecule has 1 saturated heterocycles. The minimum atomic E-state index is -2.85. The third-order valence-corrected chi connectivity index (χ3v) is 5.71. The zero-order valence-electron chi connectivity index (χ0n) is 9.85. The van der Waals surface area contributed by atoms with E-state index >= 15 is 0 Å². The molecule has 1 unspecified atom stereocenters. The lowest BCUT2D eigenvalue weighted by Crippen LogP contribution is -2.33. The molecule has 0 bridgehead atoms. The molecular weight excluding hydrogens is 304 g/mol. The maximum Gasteiger partial charge on any atom is 0.152 e. The molecule has 0 amide bonds. The second-order valence-electron chi connectivity index (χ2n) is 4.40. The van der Waals surface area contributed by atoms with Crippen molar-refractivity contribution in [1.82, 2.24) is 4.98 Å². The van der Waals surface area contributed by atoms with Gasteiger partial charge in [-0.25, -0.2) is 13.4 Å². The molecule has 6 heteroatoms.